The van der Waals surface area contributed by atoms with Crippen LogP contribution in [-0.2, 0) is 16.7 Å². The van der Waals surface area contributed by atoms with E-state index in [-0.39, 0.29) is 12.4 Å². The lowest BCUT2D eigenvalue weighted by Crippen LogP contribution is -2.54. The first kappa shape index (κ1) is 16.5. The monoisotopic (exact) mass is 354 g/mol. The quantitative estimate of drug-likeness (QED) is 0.853. The summed E-state index contributed by atoms with van der Waals surface area (Å²) in [6.07, 6.45) is 4.58. The maximum Gasteiger partial charge on any atom is 0.310 e. The van der Waals surface area contributed by atoms with E-state index in [9.17, 15) is 8.78 Å². The molecule has 0 fully saturated rings. The largest absolute Gasteiger partial charge is 0.459 e. The molecule has 1 aliphatic heterocycles. The number of nitrogens with two attached hydrogens (primary N) is 1. The van der Waals surface area contributed by atoms with Gasteiger partial charge in [-0.2, -0.15) is 14.0 Å². The van der Waals surface area contributed by atoms with Gasteiger partial charge in [-0.3, -0.25) is 4.98 Å². The van der Waals surface area contributed by atoms with Gasteiger partial charge in [-0.25, -0.2) is 4.99 Å². The molecule has 0 radical (unpaired) electrons. The van der Waals surface area contributed by atoms with E-state index in [0.29, 0.717) is 35.1 Å². The summed E-state index contributed by atoms with van der Waals surface area (Å²) in [5.41, 5.74) is 7.07. The highest BCUT2D eigenvalue weighted by atomic mass is 19.3. The van der Waals surface area contributed by atoms with Gasteiger partial charge in [-0.05, 0) is 48.1 Å². The number of nitrogens with zero attached hydrogens (tertiary/aromatic N) is 3. The minimum Gasteiger partial charge on any atom is -0.459 e. The highest BCUT2D eigenvalue weighted by molar-refractivity contribution is 5.74. The Hall–Kier alpha value is -3.01. The number of amidine groups is 1. The number of halogens is 2. The van der Waals surface area contributed by atoms with E-state index in [4.69, 9.17) is 15.7 Å². The Morgan fingerprint density at radius 3 is 2.85 bits per heavy atom. The lowest BCUT2D eigenvalue weighted by Gasteiger charge is -2.43. The molecule has 1 atom stereocenters. The Balaban J connectivity index is 1.91. The third-order valence-electron chi connectivity index (χ3n) is 5.05. The molecule has 7 heteroatoms. The van der Waals surface area contributed by atoms with Gasteiger partial charge in [0.25, 0.3) is 6.02 Å². The summed E-state index contributed by atoms with van der Waals surface area (Å²) in [6.45, 7) is -0.780. The number of hydrogen-bond donors (Lipinski definition) is 1. The minimum atomic E-state index is -3.16. The van der Waals surface area contributed by atoms with Crippen molar-refractivity contribution in [1.82, 2.24) is 4.98 Å². The second-order valence-corrected chi connectivity index (χ2v) is 6.60. The van der Waals surface area contributed by atoms with E-state index in [1.165, 1.54) is 6.20 Å². The molecular formula is C19H16F2N4O. The number of hydrogen-bond acceptors (Lipinski definition) is 5. The first-order valence-corrected chi connectivity index (χ1v) is 8.30. The Morgan fingerprint density at radius 2 is 2.04 bits per heavy atom. The zero-order chi connectivity index (χ0) is 18.4. The SMILES string of the molecule is N#Cc1cncc(-c2ccc3c(c2)C2(CCC3)N=C(N)OCC2(F)F)c1. The first-order valence-electron chi connectivity index (χ1n) is 8.30. The summed E-state index contributed by atoms with van der Waals surface area (Å²) in [4.78, 5) is 8.14. The lowest BCUT2D eigenvalue weighted by atomic mass is 9.72. The van der Waals surface area contributed by atoms with Crippen LogP contribution in [0.1, 0.15) is 29.5 Å². The van der Waals surface area contributed by atoms with Crippen molar-refractivity contribution in [1.29, 1.82) is 5.26 Å². The number of aliphatic imine (C=N–C) groups is 1. The second-order valence-electron chi connectivity index (χ2n) is 6.60. The highest BCUT2D eigenvalue weighted by Crippen LogP contribution is 2.51. The molecule has 0 saturated carbocycles. The van der Waals surface area contributed by atoms with Gasteiger partial charge in [0.1, 0.15) is 6.07 Å². The molecule has 1 aromatic carbocycles. The van der Waals surface area contributed by atoms with Crippen LogP contribution in [0.3, 0.4) is 0 Å². The van der Waals surface area contributed by atoms with Gasteiger partial charge in [-0.15, -0.1) is 0 Å². The summed E-state index contributed by atoms with van der Waals surface area (Å²) in [5.74, 6) is -3.16. The molecule has 1 spiro atoms. The van der Waals surface area contributed by atoms with Crippen molar-refractivity contribution >= 4 is 6.02 Å². The highest BCUT2D eigenvalue weighted by Gasteiger charge is 2.59. The molecule has 26 heavy (non-hydrogen) atoms. The zero-order valence-corrected chi connectivity index (χ0v) is 13.9. The third-order valence-corrected chi connectivity index (χ3v) is 5.05. The van der Waals surface area contributed by atoms with Crippen LogP contribution in [0.4, 0.5) is 8.78 Å². The second kappa shape index (κ2) is 5.77. The predicted molar refractivity (Wildman–Crippen MR) is 91.5 cm³/mol. The van der Waals surface area contributed by atoms with Gasteiger partial charge in [0.05, 0.1) is 5.56 Å². The van der Waals surface area contributed by atoms with E-state index in [1.807, 2.05) is 18.2 Å². The van der Waals surface area contributed by atoms with Crippen LogP contribution in [0.15, 0.2) is 41.7 Å². The van der Waals surface area contributed by atoms with Gasteiger partial charge in [0, 0.05) is 18.0 Å². The molecule has 2 N–H and O–H groups in total. The number of rotatable bonds is 1. The minimum absolute atomic E-state index is 0.205. The summed E-state index contributed by atoms with van der Waals surface area (Å²) >= 11 is 0. The third kappa shape index (κ3) is 2.41. The molecule has 5 nitrogen and oxygen atoms in total. The fraction of sp³-hybridized carbons (Fsp3) is 0.316. The predicted octanol–water partition coefficient (Wildman–Crippen LogP) is 3.13. The molecule has 0 saturated heterocycles. The first-order chi connectivity index (χ1) is 12.4. The van der Waals surface area contributed by atoms with E-state index in [1.54, 1.807) is 18.3 Å². The molecule has 0 bridgehead atoms. The van der Waals surface area contributed by atoms with Crippen molar-refractivity contribution in [2.75, 3.05) is 6.61 Å². The van der Waals surface area contributed by atoms with Gasteiger partial charge < -0.3 is 10.5 Å². The van der Waals surface area contributed by atoms with Crippen molar-refractivity contribution in [2.24, 2.45) is 10.7 Å². The van der Waals surface area contributed by atoms with Crippen LogP contribution in [-0.4, -0.2) is 23.5 Å². The Bertz CT molecular complexity index is 951. The molecule has 0 amide bonds. The van der Waals surface area contributed by atoms with Crippen molar-refractivity contribution < 1.29 is 13.5 Å². The molecule has 2 aliphatic rings. The topological polar surface area (TPSA) is 84.3 Å². The van der Waals surface area contributed by atoms with Gasteiger partial charge in [-0.1, -0.05) is 12.1 Å². The normalized spacial score (nSPS) is 23.5. The van der Waals surface area contributed by atoms with E-state index in [2.05, 4.69) is 9.98 Å². The fourth-order valence-corrected chi connectivity index (χ4v) is 3.77. The van der Waals surface area contributed by atoms with Gasteiger partial charge >= 0.3 is 5.92 Å². The molecule has 4 rings (SSSR count). The number of ether oxygens (including phenoxy) is 1. The smallest absolute Gasteiger partial charge is 0.310 e. The van der Waals surface area contributed by atoms with Gasteiger partial charge in [0.2, 0.25) is 0 Å². The number of pyridine rings is 1. The molecular weight excluding hydrogens is 338 g/mol. The molecule has 1 unspecified atom stereocenters. The summed E-state index contributed by atoms with van der Waals surface area (Å²) < 4.78 is 34.6. The summed E-state index contributed by atoms with van der Waals surface area (Å²) in [7, 11) is 0. The Kier molecular flexibility index (Phi) is 3.65. The van der Waals surface area contributed by atoms with Crippen molar-refractivity contribution in [2.45, 2.75) is 30.7 Å². The van der Waals surface area contributed by atoms with Crippen LogP contribution in [0.2, 0.25) is 0 Å². The fourth-order valence-electron chi connectivity index (χ4n) is 3.77. The number of nitriles is 1. The average molecular weight is 354 g/mol. The Morgan fingerprint density at radius 1 is 1.19 bits per heavy atom. The maximum absolute atomic E-state index is 14.9. The zero-order valence-electron chi connectivity index (χ0n) is 13.9. The average Bonchev–Trinajstić information content (AvgIpc) is 2.65. The van der Waals surface area contributed by atoms with E-state index < -0.39 is 18.1 Å². The molecule has 132 valence electrons. The number of fused-ring (bicyclic) bond motifs is 2. The van der Waals surface area contributed by atoms with E-state index in [0.717, 1.165) is 5.56 Å². The summed E-state index contributed by atoms with van der Waals surface area (Å²) in [5, 5.41) is 9.06. The van der Waals surface area contributed by atoms with Crippen LogP contribution < -0.4 is 5.73 Å². The molecule has 1 aromatic heterocycles. The number of aryl methyl sites for hydroxylation is 1. The van der Waals surface area contributed by atoms with Crippen molar-refractivity contribution in [3.63, 3.8) is 0 Å². The van der Waals surface area contributed by atoms with Crippen molar-refractivity contribution in [3.8, 4) is 17.2 Å². The number of alkyl halides is 2. The van der Waals surface area contributed by atoms with Crippen LogP contribution in [0.5, 0.6) is 0 Å². The van der Waals surface area contributed by atoms with Crippen LogP contribution >= 0.6 is 0 Å². The van der Waals surface area contributed by atoms with E-state index >= 15 is 0 Å². The maximum atomic E-state index is 14.9. The summed E-state index contributed by atoms with van der Waals surface area (Å²) in [6, 6.07) is 8.95. The molecule has 2 aromatic rings. The number of benzene rings is 1. The van der Waals surface area contributed by atoms with Crippen LogP contribution in [0, 0.1) is 11.3 Å². The standard InChI is InChI=1S/C19H16F2N4O/c20-19(21)11-26-17(23)25-18(19)5-1-2-13-3-4-14(7-16(13)18)15-6-12(8-22)9-24-10-15/h3-4,6-7,9-10H,1-2,5,11H2,(H2,23,25). The molecule has 1 aliphatic carbocycles. The van der Waals surface area contributed by atoms with Gasteiger partial charge in [0.15, 0.2) is 12.1 Å². The number of aromatic nitrogens is 1. The van der Waals surface area contributed by atoms with Crippen molar-refractivity contribution in [3.05, 3.63) is 53.3 Å². The Labute approximate surface area is 149 Å². The van der Waals surface area contributed by atoms with Crippen LogP contribution in [0.25, 0.3) is 11.1 Å². The molecule has 2 heterocycles. The lowest BCUT2D eigenvalue weighted by molar-refractivity contribution is -0.127.